The Hall–Kier alpha value is -1.31. The molecule has 0 saturated heterocycles. The average molecular weight is 188 g/mol. The van der Waals surface area contributed by atoms with Crippen molar-refractivity contribution in [3.05, 3.63) is 29.1 Å². The lowest BCUT2D eigenvalue weighted by Crippen LogP contribution is -1.91. The highest BCUT2D eigenvalue weighted by Gasteiger charge is 2.07. The summed E-state index contributed by atoms with van der Waals surface area (Å²) in [5.41, 5.74) is 5.06. The van der Waals surface area contributed by atoms with Crippen LogP contribution in [0.25, 0.3) is 11.0 Å². The lowest BCUT2D eigenvalue weighted by atomic mass is 10.1. The number of imidazole rings is 1. The van der Waals surface area contributed by atoms with Crippen molar-refractivity contribution < 1.29 is 0 Å². The summed E-state index contributed by atoms with van der Waals surface area (Å²) in [4.78, 5) is 4.55. The molecule has 0 amide bonds. The van der Waals surface area contributed by atoms with Crippen molar-refractivity contribution in [1.29, 1.82) is 0 Å². The van der Waals surface area contributed by atoms with Crippen LogP contribution in [-0.4, -0.2) is 9.55 Å². The normalized spacial score (nSPS) is 11.1. The first-order valence-corrected chi connectivity index (χ1v) is 5.06. The second-order valence-electron chi connectivity index (χ2n) is 3.85. The lowest BCUT2D eigenvalue weighted by Gasteiger charge is -2.02. The minimum atomic E-state index is 1.08. The quantitative estimate of drug-likeness (QED) is 0.673. The van der Waals surface area contributed by atoms with Gasteiger partial charge in [-0.05, 0) is 37.5 Å². The van der Waals surface area contributed by atoms with Crippen LogP contribution in [0.1, 0.15) is 23.9 Å². The Morgan fingerprint density at radius 3 is 2.64 bits per heavy atom. The number of aryl methyl sites for hydroxylation is 4. The Balaban J connectivity index is 2.83. The molecule has 1 heterocycles. The molecule has 0 aliphatic rings. The predicted molar refractivity (Wildman–Crippen MR) is 59.6 cm³/mol. The summed E-state index contributed by atoms with van der Waals surface area (Å²) in [6.45, 7) is 6.36. The van der Waals surface area contributed by atoms with E-state index in [1.54, 1.807) is 0 Å². The minimum absolute atomic E-state index is 1.08. The van der Waals surface area contributed by atoms with E-state index in [1.807, 2.05) is 6.92 Å². The van der Waals surface area contributed by atoms with E-state index in [1.165, 1.54) is 16.6 Å². The van der Waals surface area contributed by atoms with Gasteiger partial charge in [-0.25, -0.2) is 4.98 Å². The molecule has 2 nitrogen and oxygen atoms in total. The molecule has 1 aromatic heterocycles. The molecule has 2 heteroatoms. The third-order valence-corrected chi connectivity index (χ3v) is 2.87. The van der Waals surface area contributed by atoms with Crippen LogP contribution in [0.3, 0.4) is 0 Å². The van der Waals surface area contributed by atoms with Crippen molar-refractivity contribution in [2.45, 2.75) is 27.2 Å². The van der Waals surface area contributed by atoms with Gasteiger partial charge < -0.3 is 4.57 Å². The molecule has 0 N–H and O–H groups in total. The van der Waals surface area contributed by atoms with Gasteiger partial charge in [-0.15, -0.1) is 0 Å². The molecule has 2 aromatic rings. The Kier molecular flexibility index (Phi) is 2.06. The molecule has 1 aromatic carbocycles. The summed E-state index contributed by atoms with van der Waals surface area (Å²) >= 11 is 0. The highest BCUT2D eigenvalue weighted by molar-refractivity contribution is 5.80. The Morgan fingerprint density at radius 2 is 2.00 bits per heavy atom. The second kappa shape index (κ2) is 3.12. The highest BCUT2D eigenvalue weighted by Crippen LogP contribution is 2.20. The van der Waals surface area contributed by atoms with Crippen molar-refractivity contribution in [2.75, 3.05) is 0 Å². The molecule has 74 valence electrons. The van der Waals surface area contributed by atoms with E-state index in [2.05, 4.69) is 42.6 Å². The van der Waals surface area contributed by atoms with E-state index in [0.29, 0.717) is 0 Å². The lowest BCUT2D eigenvalue weighted by molar-refractivity contribution is 0.885. The van der Waals surface area contributed by atoms with Gasteiger partial charge in [-0.1, -0.05) is 13.0 Å². The van der Waals surface area contributed by atoms with E-state index in [4.69, 9.17) is 0 Å². The van der Waals surface area contributed by atoms with Gasteiger partial charge in [0.25, 0.3) is 0 Å². The van der Waals surface area contributed by atoms with E-state index in [9.17, 15) is 0 Å². The number of benzene rings is 1. The van der Waals surface area contributed by atoms with Crippen molar-refractivity contribution in [1.82, 2.24) is 9.55 Å². The minimum Gasteiger partial charge on any atom is -0.331 e. The van der Waals surface area contributed by atoms with Gasteiger partial charge >= 0.3 is 0 Å². The summed E-state index contributed by atoms with van der Waals surface area (Å²) in [6, 6.07) is 4.47. The maximum Gasteiger partial charge on any atom is 0.106 e. The van der Waals surface area contributed by atoms with Gasteiger partial charge in [0.2, 0.25) is 0 Å². The fraction of sp³-hybridized carbons (Fsp3) is 0.417. The number of nitrogens with zero attached hydrogens (tertiary/aromatic N) is 2. The molecule has 0 atom stereocenters. The first kappa shape index (κ1) is 9.25. The van der Waals surface area contributed by atoms with Gasteiger partial charge in [0.1, 0.15) is 5.82 Å². The topological polar surface area (TPSA) is 17.8 Å². The van der Waals surface area contributed by atoms with E-state index in [0.717, 1.165) is 17.8 Å². The van der Waals surface area contributed by atoms with E-state index in [-0.39, 0.29) is 0 Å². The predicted octanol–water partition coefficient (Wildman–Crippen LogP) is 2.75. The molecule has 0 unspecified atom stereocenters. The Labute approximate surface area is 84.6 Å². The number of hydrogen-bond donors (Lipinski definition) is 0. The smallest absolute Gasteiger partial charge is 0.106 e. The number of fused-ring (bicyclic) bond motifs is 1. The maximum atomic E-state index is 4.55. The van der Waals surface area contributed by atoms with Crippen LogP contribution in [0.15, 0.2) is 12.1 Å². The van der Waals surface area contributed by atoms with Crippen LogP contribution in [-0.2, 0) is 13.5 Å². The fourth-order valence-electron chi connectivity index (χ4n) is 1.85. The molecule has 0 bridgehead atoms. The molecular weight excluding hydrogens is 172 g/mol. The zero-order valence-corrected chi connectivity index (χ0v) is 9.26. The van der Waals surface area contributed by atoms with Crippen molar-refractivity contribution >= 4 is 11.0 Å². The SMILES string of the molecule is CCc1cc(C)c2nc(C)n(C)c2c1. The Morgan fingerprint density at radius 1 is 1.29 bits per heavy atom. The summed E-state index contributed by atoms with van der Waals surface area (Å²) in [7, 11) is 2.07. The number of hydrogen-bond acceptors (Lipinski definition) is 1. The Bertz CT molecular complexity index is 481. The highest BCUT2D eigenvalue weighted by atomic mass is 15.0. The van der Waals surface area contributed by atoms with Crippen LogP contribution in [0.5, 0.6) is 0 Å². The van der Waals surface area contributed by atoms with Crippen molar-refractivity contribution in [3.8, 4) is 0 Å². The molecule has 14 heavy (non-hydrogen) atoms. The van der Waals surface area contributed by atoms with E-state index < -0.39 is 0 Å². The molecular formula is C12H16N2. The van der Waals surface area contributed by atoms with Gasteiger partial charge in [0, 0.05) is 7.05 Å². The molecule has 0 fully saturated rings. The molecule has 0 saturated carbocycles. The standard InChI is InChI=1S/C12H16N2/c1-5-10-6-8(2)12-11(7-10)14(4)9(3)13-12/h6-7H,5H2,1-4H3. The molecule has 2 rings (SSSR count). The zero-order chi connectivity index (χ0) is 10.3. The van der Waals surface area contributed by atoms with E-state index >= 15 is 0 Å². The van der Waals surface area contributed by atoms with Crippen LogP contribution in [0.2, 0.25) is 0 Å². The number of rotatable bonds is 1. The molecule has 0 spiro atoms. The van der Waals surface area contributed by atoms with Crippen LogP contribution in [0, 0.1) is 13.8 Å². The van der Waals surface area contributed by atoms with Crippen molar-refractivity contribution in [2.24, 2.45) is 7.05 Å². The average Bonchev–Trinajstić information content (AvgIpc) is 2.45. The van der Waals surface area contributed by atoms with Gasteiger partial charge in [0.05, 0.1) is 11.0 Å². The van der Waals surface area contributed by atoms with Crippen LogP contribution in [0.4, 0.5) is 0 Å². The summed E-state index contributed by atoms with van der Waals surface area (Å²) < 4.78 is 2.15. The van der Waals surface area contributed by atoms with Crippen LogP contribution < -0.4 is 0 Å². The number of aromatic nitrogens is 2. The fourth-order valence-corrected chi connectivity index (χ4v) is 1.85. The summed E-state index contributed by atoms with van der Waals surface area (Å²) in [5, 5.41) is 0. The van der Waals surface area contributed by atoms with Crippen molar-refractivity contribution in [3.63, 3.8) is 0 Å². The third-order valence-electron chi connectivity index (χ3n) is 2.87. The second-order valence-corrected chi connectivity index (χ2v) is 3.85. The molecule has 0 radical (unpaired) electrons. The monoisotopic (exact) mass is 188 g/mol. The summed E-state index contributed by atoms with van der Waals surface area (Å²) in [6.07, 6.45) is 1.08. The van der Waals surface area contributed by atoms with Gasteiger partial charge in [0.15, 0.2) is 0 Å². The van der Waals surface area contributed by atoms with Gasteiger partial charge in [-0.2, -0.15) is 0 Å². The maximum absolute atomic E-state index is 4.55. The molecule has 0 aliphatic heterocycles. The largest absolute Gasteiger partial charge is 0.331 e. The van der Waals surface area contributed by atoms with Gasteiger partial charge in [-0.3, -0.25) is 0 Å². The third kappa shape index (κ3) is 1.22. The molecule has 0 aliphatic carbocycles. The first-order valence-electron chi connectivity index (χ1n) is 5.06. The van der Waals surface area contributed by atoms with Crippen LogP contribution >= 0.6 is 0 Å². The zero-order valence-electron chi connectivity index (χ0n) is 9.26. The summed E-state index contributed by atoms with van der Waals surface area (Å²) in [5.74, 6) is 1.08. The first-order chi connectivity index (χ1) is 6.63.